The second-order valence-corrected chi connectivity index (χ2v) is 12.7. The molecule has 2 N–H and O–H groups in total. The molecule has 11 unspecified atom stereocenters. The molecule has 3 fully saturated rings. The fraction of sp³-hybridized carbons (Fsp3) is 1.00. The van der Waals surface area contributed by atoms with Crippen molar-refractivity contribution in [2.24, 2.45) is 0 Å². The Morgan fingerprint density at radius 2 is 1.62 bits per heavy atom. The van der Waals surface area contributed by atoms with Crippen LogP contribution < -0.4 is 0 Å². The smallest absolute Gasteiger partial charge is 0.390 e. The standard InChI is InChI=1S/C17H29B6O12P2/c1-28-6-13-11(5-17(33-13)23(20)21)35-37(26,27)30-8-14-10(4-16(22-19)32-14)34-36(2,25)29-7-12-9(24)3-15(18)31-12/h9-17,24H,3-8H2,1-2H3,(H,26,27). The lowest BCUT2D eigenvalue weighted by atomic mass is 9.16. The van der Waals surface area contributed by atoms with Crippen LogP contribution in [0, 0.1) is 0 Å². The first-order valence-corrected chi connectivity index (χ1v) is 15.3. The summed E-state index contributed by atoms with van der Waals surface area (Å²) in [6, 6.07) is -1.81. The van der Waals surface area contributed by atoms with Gasteiger partial charge < -0.3 is 38.0 Å². The molecule has 0 spiro atoms. The van der Waals surface area contributed by atoms with Gasteiger partial charge in [0, 0.05) is 55.0 Å². The molecule has 0 aliphatic carbocycles. The van der Waals surface area contributed by atoms with Crippen molar-refractivity contribution in [2.45, 2.75) is 73.9 Å². The third kappa shape index (κ3) is 9.51. The molecule has 3 aliphatic rings. The zero-order valence-electron chi connectivity index (χ0n) is 20.8. The molecular weight excluding hydrogens is 523 g/mol. The molecule has 0 bridgehead atoms. The molecular formula is C17H29B6O12P2. The Bertz CT molecular complexity index is 832. The van der Waals surface area contributed by atoms with Gasteiger partial charge in [0.1, 0.15) is 26.2 Å². The van der Waals surface area contributed by atoms with Gasteiger partial charge in [-0.1, -0.05) is 0 Å². The van der Waals surface area contributed by atoms with Crippen molar-refractivity contribution in [1.29, 1.82) is 0 Å². The molecule has 0 saturated carbocycles. The number of aliphatic hydroxyl groups excluding tert-OH is 1. The van der Waals surface area contributed by atoms with E-state index in [1.165, 1.54) is 20.9 Å². The van der Waals surface area contributed by atoms with Crippen LogP contribution in [0.3, 0.4) is 0 Å². The summed E-state index contributed by atoms with van der Waals surface area (Å²) in [6.45, 7) is -0.119. The minimum atomic E-state index is -4.61. The third-order valence-corrected chi connectivity index (χ3v) is 8.44. The van der Waals surface area contributed by atoms with Crippen molar-refractivity contribution in [3.05, 3.63) is 0 Å². The van der Waals surface area contributed by atoms with Gasteiger partial charge in [0.15, 0.2) is 0 Å². The van der Waals surface area contributed by atoms with E-state index in [1.54, 1.807) is 0 Å². The number of hydrogen-bond donors (Lipinski definition) is 2. The maximum absolute atomic E-state index is 12.9. The molecule has 0 amide bonds. The number of methoxy groups -OCH3 is 1. The summed E-state index contributed by atoms with van der Waals surface area (Å²) >= 11 is 0. The Hall–Kier alpha value is 0.450. The molecule has 37 heavy (non-hydrogen) atoms. The first-order valence-electron chi connectivity index (χ1n) is 11.8. The van der Waals surface area contributed by atoms with E-state index in [0.717, 1.165) is 0 Å². The van der Waals surface area contributed by atoms with Gasteiger partial charge in [-0.15, -0.1) is 0 Å². The average molecular weight is 552 g/mol. The van der Waals surface area contributed by atoms with E-state index < -0.39 is 83.2 Å². The molecule has 0 aromatic heterocycles. The SMILES string of the molecule is [B][B]C1CC(OP(C)(=O)OCC2OC([B])CC2O)C(COP(=O)(O)OC2CC(B([B])[B])OC2COC)O1. The van der Waals surface area contributed by atoms with Crippen LogP contribution >= 0.6 is 15.4 Å². The fourth-order valence-electron chi connectivity index (χ4n) is 4.31. The quantitative estimate of drug-likeness (QED) is 0.190. The Balaban J connectivity index is 1.54. The highest BCUT2D eigenvalue weighted by atomic mass is 31.2. The summed E-state index contributed by atoms with van der Waals surface area (Å²) in [7, 11) is 17.0. The fourth-order valence-corrected chi connectivity index (χ4v) is 6.47. The van der Waals surface area contributed by atoms with E-state index >= 15 is 0 Å². The van der Waals surface area contributed by atoms with Gasteiger partial charge in [-0.25, -0.2) is 4.57 Å². The van der Waals surface area contributed by atoms with E-state index in [2.05, 4.69) is 0 Å². The van der Waals surface area contributed by atoms with Crippen LogP contribution in [0.2, 0.25) is 0 Å². The summed E-state index contributed by atoms with van der Waals surface area (Å²) in [5.74, 6) is 0. The van der Waals surface area contributed by atoms with Gasteiger partial charge in [0.25, 0.3) is 0 Å². The summed E-state index contributed by atoms with van der Waals surface area (Å²) in [4.78, 5) is 10.3. The van der Waals surface area contributed by atoms with Crippen LogP contribution in [0.5, 0.6) is 0 Å². The Labute approximate surface area is 223 Å². The molecule has 0 aromatic carbocycles. The maximum Gasteiger partial charge on any atom is 0.472 e. The number of phosphoric acid groups is 1. The minimum Gasteiger partial charge on any atom is -0.390 e. The lowest BCUT2D eigenvalue weighted by molar-refractivity contribution is -0.0318. The summed E-state index contributed by atoms with van der Waals surface area (Å²) < 4.78 is 68.9. The largest absolute Gasteiger partial charge is 0.472 e. The van der Waals surface area contributed by atoms with Gasteiger partial charge >= 0.3 is 15.4 Å². The van der Waals surface area contributed by atoms with Gasteiger partial charge in [0.2, 0.25) is 0 Å². The van der Waals surface area contributed by atoms with Gasteiger partial charge in [-0.05, 0) is 19.3 Å². The van der Waals surface area contributed by atoms with Crippen molar-refractivity contribution in [3.8, 4) is 0 Å². The van der Waals surface area contributed by atoms with E-state index in [-0.39, 0.29) is 32.5 Å². The molecule has 3 rings (SSSR count). The average Bonchev–Trinajstić information content (AvgIpc) is 3.47. The first-order chi connectivity index (χ1) is 17.3. The van der Waals surface area contributed by atoms with Crippen LogP contribution in [0.15, 0.2) is 0 Å². The van der Waals surface area contributed by atoms with Crippen LogP contribution in [-0.2, 0) is 46.2 Å². The van der Waals surface area contributed by atoms with Crippen molar-refractivity contribution in [3.63, 3.8) is 0 Å². The number of phosphoric ester groups is 1. The molecule has 0 aromatic rings. The highest BCUT2D eigenvalue weighted by molar-refractivity contribution is 7.53. The van der Waals surface area contributed by atoms with Crippen LogP contribution in [0.1, 0.15) is 19.3 Å². The highest BCUT2D eigenvalue weighted by Gasteiger charge is 2.44. The Morgan fingerprint density at radius 1 is 0.973 bits per heavy atom. The topological polar surface area (TPSA) is 148 Å². The zero-order chi connectivity index (χ0) is 27.4. The molecule has 9 radical (unpaired) electrons. The van der Waals surface area contributed by atoms with E-state index in [4.69, 9.17) is 68.1 Å². The lowest BCUT2D eigenvalue weighted by Gasteiger charge is -2.25. The van der Waals surface area contributed by atoms with Crippen molar-refractivity contribution in [2.75, 3.05) is 33.6 Å². The number of aliphatic hydroxyl groups is 1. The Kier molecular flexibility index (Phi) is 12.0. The molecule has 3 saturated heterocycles. The van der Waals surface area contributed by atoms with Gasteiger partial charge in [-0.3, -0.25) is 13.6 Å². The molecule has 197 valence electrons. The Morgan fingerprint density at radius 3 is 2.22 bits per heavy atom. The summed E-state index contributed by atoms with van der Waals surface area (Å²) in [6.07, 6.45) is -4.33. The number of rotatable bonds is 14. The minimum absolute atomic E-state index is 0.0875. The van der Waals surface area contributed by atoms with Crippen molar-refractivity contribution < 1.29 is 56.2 Å². The second kappa shape index (κ2) is 13.9. The predicted molar refractivity (Wildman–Crippen MR) is 137 cm³/mol. The molecule has 12 nitrogen and oxygen atoms in total. The maximum atomic E-state index is 12.9. The molecule has 3 heterocycles. The molecule has 20 heteroatoms. The number of hydrogen-bond acceptors (Lipinski definition) is 11. The lowest BCUT2D eigenvalue weighted by Crippen LogP contribution is -2.33. The van der Waals surface area contributed by atoms with Gasteiger partial charge in [-0.2, -0.15) is 0 Å². The van der Waals surface area contributed by atoms with Crippen LogP contribution in [0.4, 0.5) is 0 Å². The molecule has 11 atom stereocenters. The monoisotopic (exact) mass is 553 g/mol. The summed E-state index contributed by atoms with van der Waals surface area (Å²) in [5.41, 5.74) is 0. The van der Waals surface area contributed by atoms with Crippen LogP contribution in [0.25, 0.3) is 0 Å². The third-order valence-electron chi connectivity index (χ3n) is 6.16. The van der Waals surface area contributed by atoms with Crippen LogP contribution in [-0.4, -0.2) is 143 Å². The van der Waals surface area contributed by atoms with Crippen molar-refractivity contribution in [1.82, 2.24) is 0 Å². The van der Waals surface area contributed by atoms with E-state index in [0.29, 0.717) is 0 Å². The summed E-state index contributed by atoms with van der Waals surface area (Å²) in [5, 5.41) is 9.93. The zero-order valence-corrected chi connectivity index (χ0v) is 22.6. The van der Waals surface area contributed by atoms with Gasteiger partial charge in [0.05, 0.1) is 51.8 Å². The number of ether oxygens (including phenoxy) is 4. The highest BCUT2D eigenvalue weighted by Crippen LogP contribution is 2.50. The van der Waals surface area contributed by atoms with E-state index in [9.17, 15) is 19.1 Å². The second-order valence-electron chi connectivity index (χ2n) is 9.26. The first kappa shape index (κ1) is 32.0. The normalized spacial score (nSPS) is 39.3. The predicted octanol–water partition coefficient (Wildman–Crippen LogP) is -1.57. The molecule has 3 aliphatic heterocycles. The van der Waals surface area contributed by atoms with Crippen molar-refractivity contribution >= 4 is 60.1 Å². The van der Waals surface area contributed by atoms with E-state index in [1.807, 2.05) is 0 Å².